The van der Waals surface area contributed by atoms with Crippen LogP contribution in [0.1, 0.15) is 25.7 Å². The van der Waals surface area contributed by atoms with Gasteiger partial charge < -0.3 is 10.1 Å². The quantitative estimate of drug-likeness (QED) is 0.763. The molecule has 0 aromatic heterocycles. The topological polar surface area (TPSA) is 55.4 Å². The summed E-state index contributed by atoms with van der Waals surface area (Å²) in [6.07, 6.45) is 5.16. The SMILES string of the molecule is CS(=O)(=O)C1CCCC1NC1CCOC1. The lowest BCUT2D eigenvalue weighted by atomic mass is 10.2. The summed E-state index contributed by atoms with van der Waals surface area (Å²) in [5.74, 6) is 0. The van der Waals surface area contributed by atoms with Crippen molar-refractivity contribution in [1.29, 1.82) is 0 Å². The Balaban J connectivity index is 1.95. The largest absolute Gasteiger partial charge is 0.380 e. The van der Waals surface area contributed by atoms with Crippen molar-refractivity contribution in [3.05, 3.63) is 0 Å². The molecule has 1 aliphatic heterocycles. The summed E-state index contributed by atoms with van der Waals surface area (Å²) in [4.78, 5) is 0. The van der Waals surface area contributed by atoms with E-state index in [0.29, 0.717) is 6.04 Å². The average Bonchev–Trinajstić information content (AvgIpc) is 2.73. The first-order chi connectivity index (χ1) is 7.07. The number of hydrogen-bond acceptors (Lipinski definition) is 4. The second-order valence-corrected chi connectivity index (χ2v) is 6.90. The Kier molecular flexibility index (Phi) is 3.33. The average molecular weight is 233 g/mol. The van der Waals surface area contributed by atoms with Gasteiger partial charge in [-0.15, -0.1) is 0 Å². The second kappa shape index (κ2) is 4.39. The third kappa shape index (κ3) is 2.71. The van der Waals surface area contributed by atoms with Crippen molar-refractivity contribution in [2.24, 2.45) is 0 Å². The van der Waals surface area contributed by atoms with Crippen LogP contribution in [-0.2, 0) is 14.6 Å². The molecule has 1 heterocycles. The fourth-order valence-electron chi connectivity index (χ4n) is 2.60. The van der Waals surface area contributed by atoms with Crippen LogP contribution >= 0.6 is 0 Å². The monoisotopic (exact) mass is 233 g/mol. The highest BCUT2D eigenvalue weighted by molar-refractivity contribution is 7.91. The molecule has 3 atom stereocenters. The van der Waals surface area contributed by atoms with Crippen LogP contribution in [0.15, 0.2) is 0 Å². The Hall–Kier alpha value is -0.130. The van der Waals surface area contributed by atoms with Gasteiger partial charge in [-0.2, -0.15) is 0 Å². The maximum Gasteiger partial charge on any atom is 0.151 e. The van der Waals surface area contributed by atoms with Crippen molar-refractivity contribution in [2.75, 3.05) is 19.5 Å². The molecule has 0 aromatic carbocycles. The lowest BCUT2D eigenvalue weighted by Gasteiger charge is -2.22. The summed E-state index contributed by atoms with van der Waals surface area (Å²) >= 11 is 0. The molecule has 1 saturated heterocycles. The molecule has 4 nitrogen and oxygen atoms in total. The van der Waals surface area contributed by atoms with E-state index in [1.54, 1.807) is 0 Å². The summed E-state index contributed by atoms with van der Waals surface area (Å²) in [6.45, 7) is 1.53. The van der Waals surface area contributed by atoms with Crippen LogP contribution in [0.5, 0.6) is 0 Å². The highest BCUT2D eigenvalue weighted by Crippen LogP contribution is 2.26. The Labute approximate surface area is 91.3 Å². The summed E-state index contributed by atoms with van der Waals surface area (Å²) in [6, 6.07) is 0.504. The number of hydrogen-bond donors (Lipinski definition) is 1. The molecule has 0 spiro atoms. The fraction of sp³-hybridized carbons (Fsp3) is 1.00. The van der Waals surface area contributed by atoms with Crippen LogP contribution in [0, 0.1) is 0 Å². The number of sulfone groups is 1. The van der Waals surface area contributed by atoms with E-state index < -0.39 is 9.84 Å². The maximum atomic E-state index is 11.5. The van der Waals surface area contributed by atoms with Gasteiger partial charge in [-0.1, -0.05) is 6.42 Å². The first kappa shape index (κ1) is 11.4. The predicted molar refractivity (Wildman–Crippen MR) is 58.6 cm³/mol. The molecule has 0 bridgehead atoms. The van der Waals surface area contributed by atoms with Crippen molar-refractivity contribution >= 4 is 9.84 Å². The lowest BCUT2D eigenvalue weighted by Crippen LogP contribution is -2.45. The zero-order valence-corrected chi connectivity index (χ0v) is 9.92. The molecule has 2 fully saturated rings. The summed E-state index contributed by atoms with van der Waals surface area (Å²) in [5, 5.41) is 3.25. The minimum atomic E-state index is -2.90. The Morgan fingerprint density at radius 2 is 2.07 bits per heavy atom. The first-order valence-electron chi connectivity index (χ1n) is 5.60. The Morgan fingerprint density at radius 3 is 2.67 bits per heavy atom. The van der Waals surface area contributed by atoms with Crippen molar-refractivity contribution in [3.63, 3.8) is 0 Å². The molecule has 15 heavy (non-hydrogen) atoms. The van der Waals surface area contributed by atoms with E-state index in [1.807, 2.05) is 0 Å². The molecule has 1 aliphatic carbocycles. The summed E-state index contributed by atoms with van der Waals surface area (Å²) in [5.41, 5.74) is 0. The van der Waals surface area contributed by atoms with Gasteiger partial charge in [0.1, 0.15) is 0 Å². The van der Waals surface area contributed by atoms with Gasteiger partial charge in [0.15, 0.2) is 9.84 Å². The van der Waals surface area contributed by atoms with Crippen LogP contribution < -0.4 is 5.32 Å². The number of ether oxygens (including phenoxy) is 1. The summed E-state index contributed by atoms with van der Waals surface area (Å²) in [7, 11) is -2.90. The van der Waals surface area contributed by atoms with Gasteiger partial charge in [-0.25, -0.2) is 8.42 Å². The van der Waals surface area contributed by atoms with E-state index >= 15 is 0 Å². The molecular formula is C10H19NO3S. The van der Waals surface area contributed by atoms with Crippen LogP contribution in [0.25, 0.3) is 0 Å². The van der Waals surface area contributed by atoms with Gasteiger partial charge in [-0.3, -0.25) is 0 Å². The number of rotatable bonds is 3. The van der Waals surface area contributed by atoms with E-state index in [2.05, 4.69) is 5.32 Å². The van der Waals surface area contributed by atoms with Gasteiger partial charge >= 0.3 is 0 Å². The lowest BCUT2D eigenvalue weighted by molar-refractivity contribution is 0.188. The fourth-order valence-corrected chi connectivity index (χ4v) is 4.00. The second-order valence-electron chi connectivity index (χ2n) is 4.63. The molecule has 1 saturated carbocycles. The molecule has 88 valence electrons. The predicted octanol–water partition coefficient (Wildman–Crippen LogP) is 0.331. The highest BCUT2D eigenvalue weighted by atomic mass is 32.2. The van der Waals surface area contributed by atoms with Gasteiger partial charge in [0, 0.05) is 24.9 Å². The van der Waals surface area contributed by atoms with E-state index in [4.69, 9.17) is 4.74 Å². The number of nitrogens with one attached hydrogen (secondary N) is 1. The van der Waals surface area contributed by atoms with Crippen LogP contribution in [0.4, 0.5) is 0 Å². The Morgan fingerprint density at radius 1 is 1.27 bits per heavy atom. The minimum absolute atomic E-state index is 0.145. The van der Waals surface area contributed by atoms with Gasteiger partial charge in [-0.05, 0) is 19.3 Å². The van der Waals surface area contributed by atoms with Crippen LogP contribution in [0.3, 0.4) is 0 Å². The Bertz CT molecular complexity index is 309. The molecule has 3 unspecified atom stereocenters. The van der Waals surface area contributed by atoms with Crippen LogP contribution in [-0.4, -0.2) is 45.2 Å². The third-order valence-electron chi connectivity index (χ3n) is 3.38. The molecular weight excluding hydrogens is 214 g/mol. The van der Waals surface area contributed by atoms with Crippen LogP contribution in [0.2, 0.25) is 0 Å². The molecule has 2 rings (SSSR count). The van der Waals surface area contributed by atoms with Crippen molar-refractivity contribution in [2.45, 2.75) is 43.0 Å². The molecule has 0 aromatic rings. The molecule has 1 N–H and O–H groups in total. The molecule has 5 heteroatoms. The molecule has 0 radical (unpaired) electrons. The molecule has 2 aliphatic rings. The minimum Gasteiger partial charge on any atom is -0.380 e. The normalized spacial score (nSPS) is 37.3. The first-order valence-corrected chi connectivity index (χ1v) is 7.55. The van der Waals surface area contributed by atoms with Gasteiger partial charge in [0.25, 0.3) is 0 Å². The van der Waals surface area contributed by atoms with Crippen molar-refractivity contribution in [3.8, 4) is 0 Å². The molecule has 0 amide bonds. The smallest absolute Gasteiger partial charge is 0.151 e. The maximum absolute atomic E-state index is 11.5. The van der Waals surface area contributed by atoms with Crippen molar-refractivity contribution in [1.82, 2.24) is 5.32 Å². The van der Waals surface area contributed by atoms with E-state index in [-0.39, 0.29) is 11.3 Å². The van der Waals surface area contributed by atoms with Gasteiger partial charge in [0.2, 0.25) is 0 Å². The standard InChI is InChI=1S/C10H19NO3S/c1-15(12,13)10-4-2-3-9(10)11-8-5-6-14-7-8/h8-11H,2-7H2,1H3. The summed E-state index contributed by atoms with van der Waals surface area (Å²) < 4.78 is 28.4. The van der Waals surface area contributed by atoms with E-state index in [0.717, 1.165) is 38.9 Å². The van der Waals surface area contributed by atoms with E-state index in [9.17, 15) is 8.42 Å². The zero-order chi connectivity index (χ0) is 10.9. The van der Waals surface area contributed by atoms with E-state index in [1.165, 1.54) is 6.26 Å². The highest BCUT2D eigenvalue weighted by Gasteiger charge is 2.36. The zero-order valence-electron chi connectivity index (χ0n) is 9.11. The van der Waals surface area contributed by atoms with Gasteiger partial charge in [0.05, 0.1) is 11.9 Å². The van der Waals surface area contributed by atoms with Crippen molar-refractivity contribution < 1.29 is 13.2 Å². The third-order valence-corrected chi connectivity index (χ3v) is 5.05.